The summed E-state index contributed by atoms with van der Waals surface area (Å²) in [6.45, 7) is 0. The summed E-state index contributed by atoms with van der Waals surface area (Å²) >= 11 is 0. The first-order chi connectivity index (χ1) is 5.77. The van der Waals surface area contributed by atoms with Gasteiger partial charge in [0.25, 0.3) is 0 Å². The highest BCUT2D eigenvalue weighted by Crippen LogP contribution is 2.39. The zero-order valence-electron chi connectivity index (χ0n) is 7.18. The molecule has 0 spiro atoms. The SMILES string of the molecule is O=C(O)[C@H]1CCC2=C(CCC2)C1. The van der Waals surface area contributed by atoms with Gasteiger partial charge < -0.3 is 5.11 Å². The number of carboxylic acids is 1. The summed E-state index contributed by atoms with van der Waals surface area (Å²) in [7, 11) is 0. The van der Waals surface area contributed by atoms with Crippen LogP contribution in [-0.2, 0) is 4.79 Å². The van der Waals surface area contributed by atoms with Crippen LogP contribution in [0.15, 0.2) is 11.1 Å². The van der Waals surface area contributed by atoms with Gasteiger partial charge in [-0.1, -0.05) is 11.1 Å². The van der Waals surface area contributed by atoms with Gasteiger partial charge in [0.1, 0.15) is 0 Å². The van der Waals surface area contributed by atoms with E-state index in [2.05, 4.69) is 0 Å². The molecule has 2 nitrogen and oxygen atoms in total. The number of rotatable bonds is 1. The largest absolute Gasteiger partial charge is 0.481 e. The highest BCUT2D eigenvalue weighted by atomic mass is 16.4. The second-order valence-corrected chi connectivity index (χ2v) is 3.84. The molecular weight excluding hydrogens is 152 g/mol. The summed E-state index contributed by atoms with van der Waals surface area (Å²) in [6.07, 6.45) is 6.42. The van der Waals surface area contributed by atoms with Crippen molar-refractivity contribution in [3.05, 3.63) is 11.1 Å². The van der Waals surface area contributed by atoms with Crippen molar-refractivity contribution < 1.29 is 9.90 Å². The van der Waals surface area contributed by atoms with E-state index in [1.807, 2.05) is 0 Å². The second-order valence-electron chi connectivity index (χ2n) is 3.84. The molecule has 0 heterocycles. The lowest BCUT2D eigenvalue weighted by Gasteiger charge is -2.20. The van der Waals surface area contributed by atoms with Crippen LogP contribution in [0, 0.1) is 5.92 Å². The van der Waals surface area contributed by atoms with Gasteiger partial charge >= 0.3 is 5.97 Å². The lowest BCUT2D eigenvalue weighted by Crippen LogP contribution is -2.17. The fourth-order valence-electron chi connectivity index (χ4n) is 2.38. The van der Waals surface area contributed by atoms with Crippen molar-refractivity contribution >= 4 is 5.97 Å². The van der Waals surface area contributed by atoms with Gasteiger partial charge in [-0.3, -0.25) is 4.79 Å². The molecule has 0 aliphatic heterocycles. The summed E-state index contributed by atoms with van der Waals surface area (Å²) < 4.78 is 0. The van der Waals surface area contributed by atoms with E-state index >= 15 is 0 Å². The van der Waals surface area contributed by atoms with Crippen molar-refractivity contribution in [3.8, 4) is 0 Å². The molecular formula is C10H14O2. The summed E-state index contributed by atoms with van der Waals surface area (Å²) in [5.41, 5.74) is 3.04. The van der Waals surface area contributed by atoms with Gasteiger partial charge in [-0.15, -0.1) is 0 Å². The van der Waals surface area contributed by atoms with Crippen LogP contribution in [0.3, 0.4) is 0 Å². The Morgan fingerprint density at radius 1 is 1.25 bits per heavy atom. The van der Waals surface area contributed by atoms with Gasteiger partial charge in [-0.05, 0) is 38.5 Å². The Morgan fingerprint density at radius 3 is 2.75 bits per heavy atom. The van der Waals surface area contributed by atoms with Crippen molar-refractivity contribution in [1.29, 1.82) is 0 Å². The maximum atomic E-state index is 10.7. The van der Waals surface area contributed by atoms with E-state index in [4.69, 9.17) is 5.11 Å². The molecule has 2 aliphatic carbocycles. The molecule has 66 valence electrons. The second kappa shape index (κ2) is 2.92. The molecule has 12 heavy (non-hydrogen) atoms. The molecule has 0 aromatic rings. The molecule has 2 heteroatoms. The molecule has 0 saturated heterocycles. The van der Waals surface area contributed by atoms with Gasteiger partial charge in [-0.2, -0.15) is 0 Å². The van der Waals surface area contributed by atoms with Crippen LogP contribution >= 0.6 is 0 Å². The number of carboxylic acid groups (broad SMARTS) is 1. The van der Waals surface area contributed by atoms with E-state index in [1.165, 1.54) is 24.8 Å². The van der Waals surface area contributed by atoms with Crippen molar-refractivity contribution in [2.75, 3.05) is 0 Å². The Hall–Kier alpha value is -0.790. The third-order valence-electron chi connectivity index (χ3n) is 3.09. The first-order valence-electron chi connectivity index (χ1n) is 4.70. The molecule has 0 saturated carbocycles. The number of allylic oxidation sites excluding steroid dienone is 2. The Labute approximate surface area is 72.3 Å². The first-order valence-corrected chi connectivity index (χ1v) is 4.70. The number of hydrogen-bond donors (Lipinski definition) is 1. The highest BCUT2D eigenvalue weighted by molar-refractivity contribution is 5.70. The molecule has 0 fully saturated rings. The molecule has 0 aromatic heterocycles. The fourth-order valence-corrected chi connectivity index (χ4v) is 2.38. The molecule has 0 amide bonds. The molecule has 1 N–H and O–H groups in total. The fraction of sp³-hybridized carbons (Fsp3) is 0.700. The molecule has 1 atom stereocenters. The standard InChI is InChI=1S/C10H14O2/c11-10(12)9-5-4-7-2-1-3-8(7)6-9/h9H,1-6H2,(H,11,12)/t9-/m0/s1. The molecule has 2 rings (SSSR count). The third kappa shape index (κ3) is 1.26. The quantitative estimate of drug-likeness (QED) is 0.607. The number of carbonyl (C=O) groups is 1. The third-order valence-corrected chi connectivity index (χ3v) is 3.09. The zero-order chi connectivity index (χ0) is 8.55. The van der Waals surface area contributed by atoms with Crippen LogP contribution in [0.25, 0.3) is 0 Å². The lowest BCUT2D eigenvalue weighted by atomic mass is 9.85. The molecule has 0 aromatic carbocycles. The van der Waals surface area contributed by atoms with E-state index in [0.29, 0.717) is 0 Å². The molecule has 0 radical (unpaired) electrons. The van der Waals surface area contributed by atoms with Gasteiger partial charge in [0.2, 0.25) is 0 Å². The zero-order valence-corrected chi connectivity index (χ0v) is 7.18. The Balaban J connectivity index is 2.09. The molecule has 2 aliphatic rings. The normalized spacial score (nSPS) is 28.8. The van der Waals surface area contributed by atoms with Crippen LogP contribution in [0.1, 0.15) is 38.5 Å². The summed E-state index contributed by atoms with van der Waals surface area (Å²) in [5, 5.41) is 8.84. The van der Waals surface area contributed by atoms with Crippen molar-refractivity contribution in [2.45, 2.75) is 38.5 Å². The minimum atomic E-state index is -0.603. The predicted octanol–water partition coefficient (Wildman–Crippen LogP) is 2.35. The van der Waals surface area contributed by atoms with Crippen LogP contribution in [-0.4, -0.2) is 11.1 Å². The average Bonchev–Trinajstić information content (AvgIpc) is 2.49. The maximum Gasteiger partial charge on any atom is 0.306 e. The number of hydrogen-bond acceptors (Lipinski definition) is 1. The van der Waals surface area contributed by atoms with Crippen molar-refractivity contribution in [1.82, 2.24) is 0 Å². The topological polar surface area (TPSA) is 37.3 Å². The Morgan fingerprint density at radius 2 is 2.00 bits per heavy atom. The van der Waals surface area contributed by atoms with Crippen molar-refractivity contribution in [2.24, 2.45) is 5.92 Å². The van der Waals surface area contributed by atoms with E-state index < -0.39 is 5.97 Å². The van der Waals surface area contributed by atoms with Gasteiger partial charge in [0.05, 0.1) is 5.92 Å². The monoisotopic (exact) mass is 166 g/mol. The minimum Gasteiger partial charge on any atom is -0.481 e. The highest BCUT2D eigenvalue weighted by Gasteiger charge is 2.27. The van der Waals surface area contributed by atoms with Gasteiger partial charge in [-0.25, -0.2) is 0 Å². The molecule has 0 unspecified atom stereocenters. The average molecular weight is 166 g/mol. The smallest absolute Gasteiger partial charge is 0.306 e. The Bertz CT molecular complexity index is 240. The van der Waals surface area contributed by atoms with E-state index in [0.717, 1.165) is 19.3 Å². The van der Waals surface area contributed by atoms with Gasteiger partial charge in [0, 0.05) is 0 Å². The minimum absolute atomic E-state index is 0.0816. The number of aliphatic carboxylic acids is 1. The van der Waals surface area contributed by atoms with E-state index in [-0.39, 0.29) is 5.92 Å². The first kappa shape index (κ1) is 7.84. The summed E-state index contributed by atoms with van der Waals surface area (Å²) in [4.78, 5) is 10.7. The van der Waals surface area contributed by atoms with E-state index in [9.17, 15) is 4.79 Å². The van der Waals surface area contributed by atoms with Crippen LogP contribution in [0.2, 0.25) is 0 Å². The maximum absolute atomic E-state index is 10.7. The van der Waals surface area contributed by atoms with Crippen molar-refractivity contribution in [3.63, 3.8) is 0 Å². The van der Waals surface area contributed by atoms with Crippen LogP contribution in [0.4, 0.5) is 0 Å². The predicted molar refractivity (Wildman–Crippen MR) is 45.9 cm³/mol. The van der Waals surface area contributed by atoms with Crippen LogP contribution in [0.5, 0.6) is 0 Å². The van der Waals surface area contributed by atoms with Crippen LogP contribution < -0.4 is 0 Å². The summed E-state index contributed by atoms with van der Waals surface area (Å²) in [6, 6.07) is 0. The summed E-state index contributed by atoms with van der Waals surface area (Å²) in [5.74, 6) is -0.685. The molecule has 0 bridgehead atoms. The lowest BCUT2D eigenvalue weighted by molar-refractivity contribution is -0.142. The van der Waals surface area contributed by atoms with Gasteiger partial charge in [0.15, 0.2) is 0 Å². The van der Waals surface area contributed by atoms with E-state index in [1.54, 1.807) is 5.57 Å². The Kier molecular flexibility index (Phi) is 1.91.